The molecule has 0 radical (unpaired) electrons. The van der Waals surface area contributed by atoms with Crippen LogP contribution < -0.4 is 0 Å². The normalized spacial score (nSPS) is 17.8. The molecule has 1 unspecified atom stereocenters. The fourth-order valence-electron chi connectivity index (χ4n) is 0. The van der Waals surface area contributed by atoms with E-state index in [1.165, 1.54) is 0 Å². The molecule has 24 valence electrons. The van der Waals surface area contributed by atoms with E-state index in [0.29, 0.717) is 6.29 Å². The SMILES string of the molecule is [2H]C(Br)C=O. The molecule has 0 N–H and O–H groups in total. The standard InChI is InChI=1S/C2H3BrO/c3-1-2-4/h2H,1H2/i1D. The first-order valence-electron chi connectivity index (χ1n) is 1.36. The van der Waals surface area contributed by atoms with Gasteiger partial charge in [-0.25, -0.2) is 0 Å². The Morgan fingerprint density at radius 3 is 2.75 bits per heavy atom. The van der Waals surface area contributed by atoms with Gasteiger partial charge in [-0.05, 0) is 0 Å². The van der Waals surface area contributed by atoms with Crippen molar-refractivity contribution in [1.29, 1.82) is 0 Å². The van der Waals surface area contributed by atoms with Crippen molar-refractivity contribution in [1.82, 2.24) is 0 Å². The minimum Gasteiger partial charge on any atom is -0.302 e. The molecule has 0 saturated carbocycles. The molecule has 2 heteroatoms. The Kier molecular flexibility index (Phi) is 1.88. The van der Waals surface area contributed by atoms with Crippen LogP contribution in [0.5, 0.6) is 0 Å². The summed E-state index contributed by atoms with van der Waals surface area (Å²) in [5.41, 5.74) is 0. The highest BCUT2D eigenvalue weighted by Gasteiger charge is 1.55. The molecule has 0 aromatic carbocycles. The fourth-order valence-corrected chi connectivity index (χ4v) is 0. The highest BCUT2D eigenvalue weighted by molar-refractivity contribution is 9.09. The van der Waals surface area contributed by atoms with Gasteiger partial charge in [0.2, 0.25) is 0 Å². The number of rotatable bonds is 1. The highest BCUT2D eigenvalue weighted by Crippen LogP contribution is 1.65. The summed E-state index contributed by atoms with van der Waals surface area (Å²) in [4.78, 5) is 9.27. The van der Waals surface area contributed by atoms with Crippen LogP contribution in [-0.2, 0) is 4.79 Å². The Morgan fingerprint density at radius 2 is 2.75 bits per heavy atom. The van der Waals surface area contributed by atoms with Crippen LogP contribution in [0.1, 0.15) is 1.37 Å². The van der Waals surface area contributed by atoms with Gasteiger partial charge in [0.1, 0.15) is 6.29 Å². The molecule has 0 aromatic heterocycles. The fraction of sp³-hybridized carbons (Fsp3) is 0.500. The van der Waals surface area contributed by atoms with Gasteiger partial charge in [-0.15, -0.1) is 0 Å². The van der Waals surface area contributed by atoms with Crippen LogP contribution in [0.3, 0.4) is 0 Å². The van der Waals surface area contributed by atoms with Crippen LogP contribution in [-0.4, -0.2) is 11.6 Å². The molecule has 0 aromatic rings. The van der Waals surface area contributed by atoms with E-state index in [9.17, 15) is 4.79 Å². The largest absolute Gasteiger partial charge is 0.302 e. The molecule has 0 bridgehead atoms. The van der Waals surface area contributed by atoms with E-state index in [0.717, 1.165) is 0 Å². The van der Waals surface area contributed by atoms with Gasteiger partial charge < -0.3 is 4.79 Å². The van der Waals surface area contributed by atoms with Gasteiger partial charge in [0.05, 0.1) is 5.31 Å². The number of aldehydes is 1. The van der Waals surface area contributed by atoms with E-state index in [2.05, 4.69) is 15.9 Å². The second-order valence-electron chi connectivity index (χ2n) is 0.262. The van der Waals surface area contributed by atoms with Gasteiger partial charge >= 0.3 is 0 Å². The van der Waals surface area contributed by atoms with Crippen molar-refractivity contribution >= 4 is 22.2 Å². The molecular formula is C2H3BrO. The molecule has 0 aliphatic heterocycles. The minimum absolute atomic E-state index is 0.500. The third-order valence-electron chi connectivity index (χ3n) is 0.0514. The van der Waals surface area contributed by atoms with E-state index in [1.54, 1.807) is 0 Å². The number of carbonyl (C=O) groups excluding carboxylic acids is 1. The molecule has 0 saturated heterocycles. The van der Waals surface area contributed by atoms with Gasteiger partial charge in [-0.2, -0.15) is 0 Å². The molecule has 0 rings (SSSR count). The zero-order valence-corrected chi connectivity index (χ0v) is 3.53. The number of hydrogen-bond acceptors (Lipinski definition) is 1. The highest BCUT2D eigenvalue weighted by atomic mass is 79.9. The van der Waals surface area contributed by atoms with Crippen LogP contribution in [0.15, 0.2) is 0 Å². The lowest BCUT2D eigenvalue weighted by Gasteiger charge is -1.49. The maximum absolute atomic E-state index is 9.27. The summed E-state index contributed by atoms with van der Waals surface area (Å²) in [6.45, 7) is 0. The lowest BCUT2D eigenvalue weighted by molar-refractivity contribution is -0.105. The molecule has 0 heterocycles. The van der Waals surface area contributed by atoms with Crippen molar-refractivity contribution in [3.8, 4) is 0 Å². The molecule has 0 fully saturated rings. The van der Waals surface area contributed by atoms with Crippen molar-refractivity contribution in [2.45, 2.75) is 0 Å². The van der Waals surface area contributed by atoms with E-state index in [4.69, 9.17) is 1.37 Å². The molecule has 1 nitrogen and oxygen atoms in total. The Morgan fingerprint density at radius 1 is 2.50 bits per heavy atom. The van der Waals surface area contributed by atoms with Gasteiger partial charge in [0, 0.05) is 1.37 Å². The van der Waals surface area contributed by atoms with Crippen LogP contribution in [0, 0.1) is 0 Å². The van der Waals surface area contributed by atoms with Crippen molar-refractivity contribution in [3.05, 3.63) is 0 Å². The second-order valence-corrected chi connectivity index (χ2v) is 0.791. The number of alkyl halides is 1. The molecular weight excluding hydrogens is 120 g/mol. The quantitative estimate of drug-likeness (QED) is 0.369. The summed E-state index contributed by atoms with van der Waals surface area (Å²) >= 11 is 2.67. The average molecular weight is 124 g/mol. The summed E-state index contributed by atoms with van der Waals surface area (Å²) < 4.78 is 6.38. The zero-order valence-electron chi connectivity index (χ0n) is 2.94. The van der Waals surface area contributed by atoms with Gasteiger partial charge in [0.15, 0.2) is 0 Å². The van der Waals surface area contributed by atoms with E-state index in [-0.39, 0.29) is 0 Å². The predicted molar refractivity (Wildman–Crippen MR) is 19.9 cm³/mol. The molecule has 0 spiro atoms. The maximum atomic E-state index is 9.27. The van der Waals surface area contributed by atoms with Gasteiger partial charge in [-0.3, -0.25) is 0 Å². The second kappa shape index (κ2) is 3.15. The molecule has 0 aliphatic carbocycles. The van der Waals surface area contributed by atoms with Crippen LogP contribution in [0.2, 0.25) is 0 Å². The zero-order chi connectivity index (χ0) is 4.28. The van der Waals surface area contributed by atoms with Gasteiger partial charge in [-0.1, -0.05) is 15.9 Å². The van der Waals surface area contributed by atoms with Crippen molar-refractivity contribution in [3.63, 3.8) is 0 Å². The molecule has 0 aliphatic rings. The van der Waals surface area contributed by atoms with E-state index in [1.807, 2.05) is 0 Å². The smallest absolute Gasteiger partial charge is 0.130 e. The Balaban J connectivity index is 2.83. The van der Waals surface area contributed by atoms with Crippen molar-refractivity contribution in [2.75, 3.05) is 5.31 Å². The maximum Gasteiger partial charge on any atom is 0.130 e. The molecule has 0 amide bonds. The first-order chi connectivity index (χ1) is 2.27. The van der Waals surface area contributed by atoms with Crippen molar-refractivity contribution in [2.24, 2.45) is 0 Å². The van der Waals surface area contributed by atoms with E-state index < -0.39 is 5.31 Å². The minimum atomic E-state index is -0.734. The summed E-state index contributed by atoms with van der Waals surface area (Å²) in [5, 5.41) is -0.734. The van der Waals surface area contributed by atoms with Gasteiger partial charge in [0.25, 0.3) is 0 Å². The first-order valence-corrected chi connectivity index (χ1v) is 1.70. The third-order valence-corrected chi connectivity index (χ3v) is 0.267. The summed E-state index contributed by atoms with van der Waals surface area (Å²) in [7, 11) is 0. The first kappa shape index (κ1) is 2.39. The predicted octanol–water partition coefficient (Wildman–Crippen LogP) is 0.580. The number of halogens is 1. The average Bonchev–Trinajstić information content (AvgIpc) is 1.38. The van der Waals surface area contributed by atoms with Crippen LogP contribution >= 0.6 is 15.9 Å². The summed E-state index contributed by atoms with van der Waals surface area (Å²) in [5.74, 6) is 0. The molecule has 1 atom stereocenters. The Bertz CT molecular complexity index is 36.6. The monoisotopic (exact) mass is 123 g/mol. The van der Waals surface area contributed by atoms with E-state index >= 15 is 0 Å². The molecule has 4 heavy (non-hydrogen) atoms. The van der Waals surface area contributed by atoms with Crippen molar-refractivity contribution < 1.29 is 6.17 Å². The number of hydrogen-bond donors (Lipinski definition) is 0. The lowest BCUT2D eigenvalue weighted by atomic mass is 11.0. The Hall–Kier alpha value is 0.150. The third kappa shape index (κ3) is 2.15. The topological polar surface area (TPSA) is 17.1 Å². The lowest BCUT2D eigenvalue weighted by Crippen LogP contribution is -1.61. The summed E-state index contributed by atoms with van der Waals surface area (Å²) in [6.07, 6.45) is 0.500. The van der Waals surface area contributed by atoms with Crippen LogP contribution in [0.25, 0.3) is 0 Å². The number of carbonyl (C=O) groups is 1. The Labute approximate surface area is 34.5 Å². The van der Waals surface area contributed by atoms with Crippen LogP contribution in [0.4, 0.5) is 0 Å². The summed E-state index contributed by atoms with van der Waals surface area (Å²) in [6, 6.07) is 0.